The third-order valence-electron chi connectivity index (χ3n) is 8.15. The van der Waals surface area contributed by atoms with Crippen LogP contribution in [-0.2, 0) is 0 Å². The van der Waals surface area contributed by atoms with Crippen LogP contribution in [0.3, 0.4) is 0 Å². The Kier molecular flexibility index (Phi) is 5.66. The van der Waals surface area contributed by atoms with Crippen molar-refractivity contribution in [1.82, 2.24) is 0 Å². The lowest BCUT2D eigenvalue weighted by Gasteiger charge is -2.45. The summed E-state index contributed by atoms with van der Waals surface area (Å²) < 4.78 is 27.2. The van der Waals surface area contributed by atoms with Gasteiger partial charge in [-0.05, 0) is 105 Å². The zero-order chi connectivity index (χ0) is 18.1. The molecule has 0 spiro atoms. The van der Waals surface area contributed by atoms with Gasteiger partial charge in [-0.1, -0.05) is 26.2 Å². The van der Waals surface area contributed by atoms with Gasteiger partial charge in [-0.25, -0.2) is 8.78 Å². The maximum atomic E-state index is 13.6. The first-order chi connectivity index (χ1) is 12.6. The predicted octanol–water partition coefficient (Wildman–Crippen LogP) is 7.48. The minimum atomic E-state index is -0.423. The maximum absolute atomic E-state index is 13.6. The molecule has 4 atom stereocenters. The summed E-state index contributed by atoms with van der Waals surface area (Å²) in [5.74, 6) is 4.09. The van der Waals surface area contributed by atoms with Gasteiger partial charge in [0.25, 0.3) is 0 Å². The number of benzene rings is 1. The van der Waals surface area contributed by atoms with Crippen molar-refractivity contribution < 1.29 is 8.78 Å². The average molecular weight is 361 g/mol. The fraction of sp³-hybridized carbons (Fsp3) is 0.750. The Labute approximate surface area is 157 Å². The van der Waals surface area contributed by atoms with Crippen LogP contribution in [0.2, 0.25) is 0 Å². The number of hydrogen-bond acceptors (Lipinski definition) is 0. The van der Waals surface area contributed by atoms with E-state index in [1.807, 2.05) is 0 Å². The van der Waals surface area contributed by atoms with Crippen molar-refractivity contribution in [3.8, 4) is 0 Å². The summed E-state index contributed by atoms with van der Waals surface area (Å²) >= 11 is 0. The molecule has 2 heteroatoms. The zero-order valence-electron chi connectivity index (χ0n) is 16.2. The van der Waals surface area contributed by atoms with Crippen LogP contribution in [0, 0.1) is 41.2 Å². The van der Waals surface area contributed by atoms with Gasteiger partial charge < -0.3 is 0 Å². The molecule has 3 aliphatic rings. The van der Waals surface area contributed by atoms with Gasteiger partial charge in [0, 0.05) is 6.07 Å². The molecule has 4 rings (SSSR count). The molecule has 0 nitrogen and oxygen atoms in total. The van der Waals surface area contributed by atoms with E-state index in [0.717, 1.165) is 54.1 Å². The van der Waals surface area contributed by atoms with Crippen LogP contribution in [0.4, 0.5) is 8.78 Å². The molecule has 0 amide bonds. The second kappa shape index (κ2) is 7.98. The normalized spacial score (nSPS) is 38.0. The molecular formula is C24H34F2. The molecule has 3 fully saturated rings. The highest BCUT2D eigenvalue weighted by Gasteiger charge is 2.39. The monoisotopic (exact) mass is 360 g/mol. The molecule has 144 valence electrons. The molecule has 0 heterocycles. The van der Waals surface area contributed by atoms with E-state index in [4.69, 9.17) is 0 Å². The number of hydrogen-bond donors (Lipinski definition) is 0. The van der Waals surface area contributed by atoms with Crippen molar-refractivity contribution in [2.24, 2.45) is 29.6 Å². The number of rotatable bonds is 3. The standard InChI is InChI=1S/C24H34F2/c1-2-16-3-5-17(6-4-16)18-7-8-20-12-21(10-9-19(20)11-18)22-13-23(25)15-24(26)14-22/h13-21H,2-12H2,1H3. The smallest absolute Gasteiger partial charge is 0.126 e. The maximum Gasteiger partial charge on any atom is 0.126 e. The third-order valence-corrected chi connectivity index (χ3v) is 8.15. The molecule has 0 aliphatic heterocycles. The fourth-order valence-corrected chi connectivity index (χ4v) is 6.54. The molecule has 1 aromatic carbocycles. The SMILES string of the molecule is CCC1CCC(C2CCC3CC(c4cc(F)cc(F)c4)CCC3C2)CC1. The van der Waals surface area contributed by atoms with Crippen molar-refractivity contribution in [2.75, 3.05) is 0 Å². The van der Waals surface area contributed by atoms with Crippen LogP contribution in [-0.4, -0.2) is 0 Å². The molecule has 3 saturated carbocycles. The van der Waals surface area contributed by atoms with Crippen LogP contribution in [0.25, 0.3) is 0 Å². The van der Waals surface area contributed by atoms with E-state index < -0.39 is 11.6 Å². The second-order valence-electron chi connectivity index (χ2n) is 9.50. The first kappa shape index (κ1) is 18.4. The molecule has 0 N–H and O–H groups in total. The minimum absolute atomic E-state index is 0.359. The van der Waals surface area contributed by atoms with E-state index in [9.17, 15) is 8.78 Å². The summed E-state index contributed by atoms with van der Waals surface area (Å²) in [6.07, 6.45) is 14.9. The Morgan fingerprint density at radius 3 is 1.88 bits per heavy atom. The van der Waals surface area contributed by atoms with Crippen LogP contribution >= 0.6 is 0 Å². The lowest BCUT2D eigenvalue weighted by atomic mass is 9.60. The Morgan fingerprint density at radius 1 is 0.692 bits per heavy atom. The molecule has 4 unspecified atom stereocenters. The Hall–Kier alpha value is -0.920. The largest absolute Gasteiger partial charge is 0.207 e. The van der Waals surface area contributed by atoms with Crippen molar-refractivity contribution in [1.29, 1.82) is 0 Å². The second-order valence-corrected chi connectivity index (χ2v) is 9.50. The van der Waals surface area contributed by atoms with E-state index in [1.165, 1.54) is 57.8 Å². The van der Waals surface area contributed by atoms with Crippen molar-refractivity contribution in [3.05, 3.63) is 35.4 Å². The van der Waals surface area contributed by atoms with E-state index in [-0.39, 0.29) is 0 Å². The summed E-state index contributed by atoms with van der Waals surface area (Å²) in [5.41, 5.74) is 0.890. The third kappa shape index (κ3) is 3.99. The van der Waals surface area contributed by atoms with Crippen molar-refractivity contribution >= 4 is 0 Å². The van der Waals surface area contributed by atoms with Gasteiger partial charge in [0.15, 0.2) is 0 Å². The topological polar surface area (TPSA) is 0 Å². The highest BCUT2D eigenvalue weighted by Crippen LogP contribution is 2.51. The van der Waals surface area contributed by atoms with E-state index >= 15 is 0 Å². The highest BCUT2D eigenvalue weighted by molar-refractivity contribution is 5.22. The Bertz CT molecular complexity index is 582. The van der Waals surface area contributed by atoms with Gasteiger partial charge >= 0.3 is 0 Å². The van der Waals surface area contributed by atoms with Gasteiger partial charge in [0.1, 0.15) is 11.6 Å². The van der Waals surface area contributed by atoms with Crippen LogP contribution in [0.15, 0.2) is 18.2 Å². The molecular weight excluding hydrogens is 326 g/mol. The van der Waals surface area contributed by atoms with Crippen LogP contribution in [0.5, 0.6) is 0 Å². The van der Waals surface area contributed by atoms with Gasteiger partial charge in [-0.2, -0.15) is 0 Å². The lowest BCUT2D eigenvalue weighted by Crippen LogP contribution is -2.34. The minimum Gasteiger partial charge on any atom is -0.207 e. The summed E-state index contributed by atoms with van der Waals surface area (Å²) in [6.45, 7) is 2.35. The molecule has 0 radical (unpaired) electrons. The Morgan fingerprint density at radius 2 is 1.23 bits per heavy atom. The van der Waals surface area contributed by atoms with Gasteiger partial charge in [-0.3, -0.25) is 0 Å². The zero-order valence-corrected chi connectivity index (χ0v) is 16.2. The summed E-state index contributed by atoms with van der Waals surface area (Å²) in [7, 11) is 0. The summed E-state index contributed by atoms with van der Waals surface area (Å²) in [6, 6.07) is 4.12. The number of halogens is 2. The van der Waals surface area contributed by atoms with Crippen LogP contribution < -0.4 is 0 Å². The lowest BCUT2D eigenvalue weighted by molar-refractivity contribution is 0.0716. The van der Waals surface area contributed by atoms with Crippen molar-refractivity contribution in [3.63, 3.8) is 0 Å². The van der Waals surface area contributed by atoms with Gasteiger partial charge in [0.2, 0.25) is 0 Å². The quantitative estimate of drug-likeness (QED) is 0.524. The average Bonchev–Trinajstić information content (AvgIpc) is 2.66. The number of fused-ring (bicyclic) bond motifs is 1. The summed E-state index contributed by atoms with van der Waals surface area (Å²) in [4.78, 5) is 0. The van der Waals surface area contributed by atoms with E-state index in [1.54, 1.807) is 12.1 Å². The first-order valence-corrected chi connectivity index (χ1v) is 11.1. The van der Waals surface area contributed by atoms with E-state index in [0.29, 0.717) is 5.92 Å². The van der Waals surface area contributed by atoms with Gasteiger partial charge in [-0.15, -0.1) is 0 Å². The summed E-state index contributed by atoms with van der Waals surface area (Å²) in [5, 5.41) is 0. The predicted molar refractivity (Wildman–Crippen MR) is 103 cm³/mol. The molecule has 1 aromatic rings. The van der Waals surface area contributed by atoms with Crippen molar-refractivity contribution in [2.45, 2.75) is 83.5 Å². The highest BCUT2D eigenvalue weighted by atomic mass is 19.1. The molecule has 0 aromatic heterocycles. The molecule has 0 bridgehead atoms. The first-order valence-electron chi connectivity index (χ1n) is 11.1. The van der Waals surface area contributed by atoms with E-state index in [2.05, 4.69) is 6.92 Å². The Balaban J connectivity index is 1.34. The van der Waals surface area contributed by atoms with Gasteiger partial charge in [0.05, 0.1) is 0 Å². The molecule has 26 heavy (non-hydrogen) atoms. The fourth-order valence-electron chi connectivity index (χ4n) is 6.54. The molecule has 3 aliphatic carbocycles. The van der Waals surface area contributed by atoms with Crippen LogP contribution in [0.1, 0.15) is 89.0 Å². The molecule has 0 saturated heterocycles.